The molecule has 3 aromatic rings. The molecule has 0 aliphatic rings. The Morgan fingerprint density at radius 1 is 1.26 bits per heavy atom. The quantitative estimate of drug-likeness (QED) is 0.719. The normalized spacial score (nSPS) is 10.9. The summed E-state index contributed by atoms with van der Waals surface area (Å²) in [6.45, 7) is 5.27. The number of hydrogen-bond donors (Lipinski definition) is 2. The maximum atomic E-state index is 12.5. The summed E-state index contributed by atoms with van der Waals surface area (Å²) < 4.78 is 1.82. The minimum Gasteiger partial charge on any atom is -0.355 e. The second-order valence-electron chi connectivity index (χ2n) is 5.41. The summed E-state index contributed by atoms with van der Waals surface area (Å²) in [5.74, 6) is 0.316. The number of H-pyrrole nitrogens is 1. The lowest BCUT2D eigenvalue weighted by atomic mass is 10.1. The van der Waals surface area contributed by atoms with Crippen molar-refractivity contribution in [1.82, 2.24) is 24.9 Å². The zero-order valence-corrected chi connectivity index (χ0v) is 13.2. The molecule has 0 bridgehead atoms. The highest BCUT2D eigenvalue weighted by atomic mass is 16.1. The number of aromatic nitrogens is 4. The lowest BCUT2D eigenvalue weighted by Gasteiger charge is -2.05. The van der Waals surface area contributed by atoms with Crippen molar-refractivity contribution < 1.29 is 9.59 Å². The van der Waals surface area contributed by atoms with Gasteiger partial charge in [0.1, 0.15) is 0 Å². The van der Waals surface area contributed by atoms with Crippen molar-refractivity contribution in [3.05, 3.63) is 52.7 Å². The van der Waals surface area contributed by atoms with Crippen LogP contribution in [0.15, 0.2) is 24.4 Å². The summed E-state index contributed by atoms with van der Waals surface area (Å²) in [5.41, 5.74) is 3.05. The number of carbonyl (C=O) groups excluding carboxylic acids is 2. The van der Waals surface area contributed by atoms with Crippen molar-refractivity contribution in [3.8, 4) is 0 Å². The van der Waals surface area contributed by atoms with Crippen LogP contribution in [0.4, 0.5) is 0 Å². The molecule has 7 nitrogen and oxygen atoms in total. The third-order valence-electron chi connectivity index (χ3n) is 3.81. The topological polar surface area (TPSA) is 92.1 Å². The van der Waals surface area contributed by atoms with Crippen LogP contribution in [-0.2, 0) is 6.54 Å². The molecule has 118 valence electrons. The molecule has 0 unspecified atom stereocenters. The number of hydrogen-bond acceptors (Lipinski definition) is 4. The molecule has 1 amide bonds. The van der Waals surface area contributed by atoms with Gasteiger partial charge in [-0.1, -0.05) is 6.07 Å². The van der Waals surface area contributed by atoms with E-state index in [-0.39, 0.29) is 18.2 Å². The number of carbonyl (C=O) groups is 2. The predicted molar refractivity (Wildman–Crippen MR) is 84.4 cm³/mol. The van der Waals surface area contributed by atoms with Gasteiger partial charge < -0.3 is 10.3 Å². The number of amides is 1. The van der Waals surface area contributed by atoms with Crippen molar-refractivity contribution >= 4 is 17.3 Å². The largest absolute Gasteiger partial charge is 0.355 e. The fourth-order valence-corrected chi connectivity index (χ4v) is 2.70. The Morgan fingerprint density at radius 3 is 2.74 bits per heavy atom. The fourth-order valence-electron chi connectivity index (χ4n) is 2.70. The number of nitrogens with zero attached hydrogens (tertiary/aromatic N) is 3. The fraction of sp³-hybridized carbons (Fsp3) is 0.250. The first-order valence-corrected chi connectivity index (χ1v) is 7.26. The molecular formula is C16H17N5O2. The van der Waals surface area contributed by atoms with Crippen molar-refractivity contribution in [3.63, 3.8) is 0 Å². The molecule has 23 heavy (non-hydrogen) atoms. The molecule has 0 aromatic carbocycles. The first kappa shape index (κ1) is 15.0. The maximum Gasteiger partial charge on any atom is 0.253 e. The third kappa shape index (κ3) is 2.61. The van der Waals surface area contributed by atoms with E-state index in [1.54, 1.807) is 13.8 Å². The second-order valence-corrected chi connectivity index (χ2v) is 5.41. The van der Waals surface area contributed by atoms with Gasteiger partial charge in [-0.15, -0.1) is 10.2 Å². The molecule has 3 rings (SSSR count). The number of nitrogens with one attached hydrogen (secondary N) is 2. The summed E-state index contributed by atoms with van der Waals surface area (Å²) >= 11 is 0. The van der Waals surface area contributed by atoms with Crippen LogP contribution >= 0.6 is 0 Å². The average Bonchev–Trinajstić information content (AvgIpc) is 3.06. The molecule has 7 heteroatoms. The summed E-state index contributed by atoms with van der Waals surface area (Å²) in [4.78, 5) is 27.0. The molecular weight excluding hydrogens is 294 g/mol. The van der Waals surface area contributed by atoms with E-state index in [0.717, 1.165) is 5.65 Å². The third-order valence-corrected chi connectivity index (χ3v) is 3.81. The summed E-state index contributed by atoms with van der Waals surface area (Å²) in [5, 5.41) is 11.0. The first-order valence-electron chi connectivity index (χ1n) is 7.26. The van der Waals surface area contributed by atoms with E-state index in [4.69, 9.17) is 0 Å². The van der Waals surface area contributed by atoms with E-state index in [9.17, 15) is 9.59 Å². The van der Waals surface area contributed by atoms with Gasteiger partial charge in [-0.05, 0) is 31.5 Å². The lowest BCUT2D eigenvalue weighted by molar-refractivity contribution is 0.0948. The van der Waals surface area contributed by atoms with Crippen LogP contribution in [0.5, 0.6) is 0 Å². The zero-order chi connectivity index (χ0) is 16.6. The molecule has 0 saturated carbocycles. The Bertz CT molecular complexity index is 906. The van der Waals surface area contributed by atoms with Crippen molar-refractivity contribution in [2.45, 2.75) is 27.3 Å². The highest BCUT2D eigenvalue weighted by Crippen LogP contribution is 2.18. The average molecular weight is 311 g/mol. The van der Waals surface area contributed by atoms with Gasteiger partial charge >= 0.3 is 0 Å². The maximum absolute atomic E-state index is 12.5. The van der Waals surface area contributed by atoms with Crippen molar-refractivity contribution in [2.75, 3.05) is 0 Å². The van der Waals surface area contributed by atoms with Gasteiger partial charge in [-0.2, -0.15) is 0 Å². The zero-order valence-electron chi connectivity index (χ0n) is 13.2. The van der Waals surface area contributed by atoms with Gasteiger partial charge in [0, 0.05) is 18.8 Å². The smallest absolute Gasteiger partial charge is 0.253 e. The van der Waals surface area contributed by atoms with Crippen LogP contribution in [0.2, 0.25) is 0 Å². The Hall–Kier alpha value is -2.96. The van der Waals surface area contributed by atoms with Gasteiger partial charge in [-0.25, -0.2) is 0 Å². The van der Waals surface area contributed by atoms with Gasteiger partial charge in [0.2, 0.25) is 0 Å². The summed E-state index contributed by atoms with van der Waals surface area (Å²) in [6, 6.07) is 5.60. The first-order chi connectivity index (χ1) is 11.0. The number of pyridine rings is 1. The molecule has 0 aliphatic heterocycles. The molecule has 0 spiro atoms. The molecule has 2 N–H and O–H groups in total. The van der Waals surface area contributed by atoms with E-state index in [0.29, 0.717) is 28.3 Å². The highest BCUT2D eigenvalue weighted by molar-refractivity contribution is 6.02. The Kier molecular flexibility index (Phi) is 3.69. The Balaban J connectivity index is 1.81. The second kappa shape index (κ2) is 5.68. The standard InChI is InChI=1S/C16H17N5O2/c1-9-14(10(2)18-15(9)11(3)22)16(23)17-8-13-20-19-12-6-4-5-7-21(12)13/h4-7,18H,8H2,1-3H3,(H,17,23). The lowest BCUT2D eigenvalue weighted by Crippen LogP contribution is -2.25. The van der Waals surface area contributed by atoms with E-state index in [2.05, 4.69) is 20.5 Å². The van der Waals surface area contributed by atoms with E-state index in [1.165, 1.54) is 6.92 Å². The number of ketones is 1. The van der Waals surface area contributed by atoms with Crippen LogP contribution in [0.25, 0.3) is 5.65 Å². The summed E-state index contributed by atoms with van der Waals surface area (Å²) in [6.07, 6.45) is 1.84. The van der Waals surface area contributed by atoms with E-state index in [1.807, 2.05) is 28.8 Å². The predicted octanol–water partition coefficient (Wildman–Crippen LogP) is 1.81. The van der Waals surface area contributed by atoms with Crippen LogP contribution in [0.3, 0.4) is 0 Å². The Labute approximate surface area is 132 Å². The number of aromatic amines is 1. The van der Waals surface area contributed by atoms with Crippen molar-refractivity contribution in [1.29, 1.82) is 0 Å². The Morgan fingerprint density at radius 2 is 2.04 bits per heavy atom. The van der Waals surface area contributed by atoms with Crippen LogP contribution in [0, 0.1) is 13.8 Å². The number of Topliss-reactive ketones (excluding diaryl/α,β-unsaturated/α-hetero) is 1. The summed E-state index contributed by atoms with van der Waals surface area (Å²) in [7, 11) is 0. The van der Waals surface area contributed by atoms with Crippen LogP contribution in [0.1, 0.15) is 44.9 Å². The molecule has 0 aliphatic carbocycles. The van der Waals surface area contributed by atoms with Gasteiger partial charge in [0.05, 0.1) is 17.8 Å². The molecule has 0 radical (unpaired) electrons. The number of aryl methyl sites for hydroxylation is 1. The van der Waals surface area contributed by atoms with Crippen LogP contribution < -0.4 is 5.32 Å². The minimum absolute atomic E-state index is 0.0897. The van der Waals surface area contributed by atoms with E-state index < -0.39 is 0 Å². The number of rotatable bonds is 4. The highest BCUT2D eigenvalue weighted by Gasteiger charge is 2.20. The number of fused-ring (bicyclic) bond motifs is 1. The van der Waals surface area contributed by atoms with Gasteiger partial charge in [0.15, 0.2) is 17.3 Å². The molecule has 0 atom stereocenters. The monoisotopic (exact) mass is 311 g/mol. The SMILES string of the molecule is CC(=O)c1[nH]c(C)c(C(=O)NCc2nnc3ccccn23)c1C. The minimum atomic E-state index is -0.239. The van der Waals surface area contributed by atoms with E-state index >= 15 is 0 Å². The molecule has 3 heterocycles. The molecule has 3 aromatic heterocycles. The molecule has 0 fully saturated rings. The van der Waals surface area contributed by atoms with Gasteiger partial charge in [-0.3, -0.25) is 14.0 Å². The van der Waals surface area contributed by atoms with Crippen molar-refractivity contribution in [2.24, 2.45) is 0 Å². The van der Waals surface area contributed by atoms with Crippen LogP contribution in [-0.4, -0.2) is 31.3 Å². The van der Waals surface area contributed by atoms with Gasteiger partial charge in [0.25, 0.3) is 5.91 Å². The molecule has 0 saturated heterocycles.